The van der Waals surface area contributed by atoms with Gasteiger partial charge >= 0.3 is 0 Å². The first-order valence-corrected chi connectivity index (χ1v) is 15.9. The summed E-state index contributed by atoms with van der Waals surface area (Å²) >= 11 is 6.72. The van der Waals surface area contributed by atoms with Crippen LogP contribution in [0.2, 0.25) is 0 Å². The number of carbonyl (C=O) groups excluding carboxylic acids is 2. The molecular formula is C30H31N3O6S3. The number of thiocarbonyl (C=S) groups is 1. The predicted octanol–water partition coefficient (Wildman–Crippen LogP) is 5.32. The summed E-state index contributed by atoms with van der Waals surface area (Å²) in [6, 6.07) is 21.0. The molecule has 42 heavy (non-hydrogen) atoms. The highest BCUT2D eigenvalue weighted by atomic mass is 32.2. The first-order valence-electron chi connectivity index (χ1n) is 13.2. The van der Waals surface area contributed by atoms with Crippen LogP contribution < -0.4 is 19.9 Å². The molecule has 1 aliphatic heterocycles. The van der Waals surface area contributed by atoms with Gasteiger partial charge in [0.25, 0.3) is 5.91 Å². The van der Waals surface area contributed by atoms with Crippen LogP contribution in [-0.4, -0.2) is 43.1 Å². The van der Waals surface area contributed by atoms with Crippen molar-refractivity contribution in [3.63, 3.8) is 0 Å². The normalized spacial score (nSPS) is 14.3. The maximum absolute atomic E-state index is 13.0. The van der Waals surface area contributed by atoms with Crippen molar-refractivity contribution in [2.45, 2.75) is 37.2 Å². The van der Waals surface area contributed by atoms with Crippen LogP contribution in [0.4, 0.5) is 5.69 Å². The van der Waals surface area contributed by atoms with E-state index in [1.807, 2.05) is 48.5 Å². The molecule has 4 rings (SSSR count). The molecular weight excluding hydrogens is 595 g/mol. The Labute approximate surface area is 255 Å². The second-order valence-corrected chi connectivity index (χ2v) is 12.7. The Bertz CT molecular complexity index is 1580. The lowest BCUT2D eigenvalue weighted by atomic mass is 10.1. The van der Waals surface area contributed by atoms with Gasteiger partial charge in [-0.15, -0.1) is 0 Å². The van der Waals surface area contributed by atoms with Crippen molar-refractivity contribution in [2.24, 2.45) is 5.14 Å². The van der Waals surface area contributed by atoms with E-state index in [0.717, 1.165) is 17.5 Å². The average molecular weight is 626 g/mol. The third-order valence-corrected chi connectivity index (χ3v) is 8.66. The first kappa shape index (κ1) is 31.2. The Morgan fingerprint density at radius 2 is 1.76 bits per heavy atom. The molecule has 0 atom stereocenters. The lowest BCUT2D eigenvalue weighted by Crippen LogP contribution is -2.29. The fourth-order valence-electron chi connectivity index (χ4n) is 4.16. The van der Waals surface area contributed by atoms with Gasteiger partial charge in [0.05, 0.1) is 16.9 Å². The van der Waals surface area contributed by atoms with Gasteiger partial charge in [-0.05, 0) is 66.4 Å². The van der Waals surface area contributed by atoms with E-state index in [4.69, 9.17) is 26.8 Å². The molecule has 220 valence electrons. The number of benzene rings is 3. The second kappa shape index (κ2) is 14.5. The van der Waals surface area contributed by atoms with Crippen LogP contribution >= 0.6 is 24.0 Å². The number of unbranched alkanes of at least 4 members (excludes halogenated alkanes) is 2. The highest BCUT2D eigenvalue weighted by Gasteiger charge is 2.31. The summed E-state index contributed by atoms with van der Waals surface area (Å²) in [7, 11) is -2.21. The quantitative estimate of drug-likeness (QED) is 0.148. The van der Waals surface area contributed by atoms with Crippen LogP contribution in [0.3, 0.4) is 0 Å². The molecule has 0 unspecified atom stereocenters. The number of hydrogen-bond acceptors (Lipinski definition) is 8. The minimum Gasteiger partial charge on any atom is -0.493 e. The molecule has 3 aromatic carbocycles. The molecule has 1 saturated heterocycles. The Balaban J connectivity index is 1.23. The summed E-state index contributed by atoms with van der Waals surface area (Å²) in [4.78, 5) is 27.4. The van der Waals surface area contributed by atoms with Crippen molar-refractivity contribution in [1.29, 1.82) is 0 Å². The van der Waals surface area contributed by atoms with Gasteiger partial charge in [-0.3, -0.25) is 14.5 Å². The Morgan fingerprint density at radius 1 is 1.02 bits per heavy atom. The number of amides is 2. The van der Waals surface area contributed by atoms with Crippen LogP contribution in [0.5, 0.6) is 11.5 Å². The molecule has 2 amide bonds. The fraction of sp³-hybridized carbons (Fsp3) is 0.233. The van der Waals surface area contributed by atoms with Crippen molar-refractivity contribution in [3.8, 4) is 11.5 Å². The van der Waals surface area contributed by atoms with Gasteiger partial charge < -0.3 is 14.8 Å². The number of methoxy groups -OCH3 is 1. The number of primary sulfonamides is 1. The van der Waals surface area contributed by atoms with Gasteiger partial charge in [-0.1, -0.05) is 66.8 Å². The number of nitrogens with one attached hydrogen (secondary N) is 1. The highest BCUT2D eigenvalue weighted by Crippen LogP contribution is 2.35. The summed E-state index contributed by atoms with van der Waals surface area (Å²) in [5, 5.41) is 7.82. The Hall–Kier alpha value is -3.71. The third kappa shape index (κ3) is 8.65. The summed E-state index contributed by atoms with van der Waals surface area (Å²) in [5.74, 6) is 0.854. The molecule has 3 aromatic rings. The van der Waals surface area contributed by atoms with Crippen molar-refractivity contribution in [3.05, 3.63) is 88.8 Å². The smallest absolute Gasteiger partial charge is 0.266 e. The monoisotopic (exact) mass is 625 g/mol. The highest BCUT2D eigenvalue weighted by molar-refractivity contribution is 8.26. The average Bonchev–Trinajstić information content (AvgIpc) is 3.23. The van der Waals surface area contributed by atoms with Crippen LogP contribution in [0, 0.1) is 0 Å². The molecule has 0 saturated carbocycles. The Morgan fingerprint density at radius 3 is 2.45 bits per heavy atom. The number of nitrogens with zero attached hydrogens (tertiary/aromatic N) is 1. The van der Waals surface area contributed by atoms with E-state index in [1.165, 1.54) is 36.0 Å². The van der Waals surface area contributed by atoms with Gasteiger partial charge in [0.1, 0.15) is 10.9 Å². The van der Waals surface area contributed by atoms with E-state index in [-0.39, 0.29) is 16.7 Å². The summed E-state index contributed by atoms with van der Waals surface area (Å²) < 4.78 is 34.6. The molecule has 9 nitrogen and oxygen atoms in total. The van der Waals surface area contributed by atoms with Crippen molar-refractivity contribution in [2.75, 3.05) is 19.0 Å². The van der Waals surface area contributed by atoms with E-state index in [9.17, 15) is 18.0 Å². The number of hydrogen-bond donors (Lipinski definition) is 2. The minimum absolute atomic E-state index is 0.0206. The van der Waals surface area contributed by atoms with Gasteiger partial charge in [-0.2, -0.15) is 0 Å². The van der Waals surface area contributed by atoms with E-state index in [2.05, 4.69) is 5.32 Å². The SMILES string of the molecule is COc1cc(/C=C2\SC(=S)N(CCCCCC(=O)Nc3ccc(S(N)(=O)=O)cc3)C2=O)ccc1OCc1ccccc1. The number of nitrogens with two attached hydrogens (primary N) is 1. The Kier molecular flexibility index (Phi) is 10.7. The standard InChI is InChI=1S/C30H31N3O6S3/c1-38-26-18-22(11-16-25(26)39-20-21-8-4-2-5-9-21)19-27-29(35)33(30(40)41-27)17-7-3-6-10-28(34)32-23-12-14-24(15-13-23)42(31,36)37/h2,4-5,8-9,11-16,18-19H,3,6-7,10,17,20H2,1H3,(H,32,34)(H2,31,36,37)/b27-19-. The number of sulfonamides is 1. The zero-order chi connectivity index (χ0) is 30.1. The lowest BCUT2D eigenvalue weighted by Gasteiger charge is -2.14. The van der Waals surface area contributed by atoms with Crippen LogP contribution in [-0.2, 0) is 26.2 Å². The molecule has 0 aromatic heterocycles. The maximum atomic E-state index is 13.0. The van der Waals surface area contributed by atoms with E-state index >= 15 is 0 Å². The number of ether oxygens (including phenoxy) is 2. The summed E-state index contributed by atoms with van der Waals surface area (Å²) in [6.07, 6.45) is 4.14. The van der Waals surface area contributed by atoms with E-state index in [1.54, 1.807) is 18.1 Å². The van der Waals surface area contributed by atoms with Crippen molar-refractivity contribution < 1.29 is 27.5 Å². The second-order valence-electron chi connectivity index (χ2n) is 9.45. The summed E-state index contributed by atoms with van der Waals surface area (Å²) in [6.45, 7) is 0.880. The largest absolute Gasteiger partial charge is 0.493 e. The van der Waals surface area contributed by atoms with Crippen LogP contribution in [0.15, 0.2) is 82.6 Å². The van der Waals surface area contributed by atoms with Gasteiger partial charge in [0.2, 0.25) is 15.9 Å². The van der Waals surface area contributed by atoms with Crippen molar-refractivity contribution in [1.82, 2.24) is 4.90 Å². The lowest BCUT2D eigenvalue weighted by molar-refractivity contribution is -0.122. The topological polar surface area (TPSA) is 128 Å². The third-order valence-electron chi connectivity index (χ3n) is 6.35. The van der Waals surface area contributed by atoms with E-state index in [0.29, 0.717) is 58.8 Å². The van der Waals surface area contributed by atoms with Crippen molar-refractivity contribution >= 4 is 61.9 Å². The molecule has 1 aliphatic rings. The van der Waals surface area contributed by atoms with Crippen LogP contribution in [0.1, 0.15) is 36.8 Å². The van der Waals surface area contributed by atoms with Gasteiger partial charge in [0.15, 0.2) is 11.5 Å². The molecule has 0 radical (unpaired) electrons. The fourth-order valence-corrected chi connectivity index (χ4v) is 5.98. The van der Waals surface area contributed by atoms with E-state index < -0.39 is 10.0 Å². The number of thioether (sulfide) groups is 1. The molecule has 0 spiro atoms. The van der Waals surface area contributed by atoms with Crippen LogP contribution in [0.25, 0.3) is 6.08 Å². The molecule has 3 N–H and O–H groups in total. The number of anilines is 1. The van der Waals surface area contributed by atoms with Gasteiger partial charge in [-0.25, -0.2) is 13.6 Å². The number of carbonyl (C=O) groups is 2. The molecule has 12 heteroatoms. The molecule has 1 fully saturated rings. The molecule has 1 heterocycles. The summed E-state index contributed by atoms with van der Waals surface area (Å²) in [5.41, 5.74) is 2.33. The minimum atomic E-state index is -3.78. The van der Waals surface area contributed by atoms with Gasteiger partial charge in [0, 0.05) is 18.7 Å². The molecule has 0 bridgehead atoms. The zero-order valence-electron chi connectivity index (χ0n) is 22.9. The zero-order valence-corrected chi connectivity index (χ0v) is 25.4. The maximum Gasteiger partial charge on any atom is 0.266 e. The number of rotatable bonds is 13. The predicted molar refractivity (Wildman–Crippen MR) is 169 cm³/mol. The molecule has 0 aliphatic carbocycles. The first-order chi connectivity index (χ1) is 20.1.